The number of amides is 1. The number of rotatable bonds is 4. The van der Waals surface area contributed by atoms with Crippen molar-refractivity contribution in [1.29, 1.82) is 0 Å². The first-order chi connectivity index (χ1) is 8.04. The molecule has 0 fully saturated rings. The monoisotopic (exact) mass is 368 g/mol. The van der Waals surface area contributed by atoms with E-state index in [1.807, 2.05) is 22.6 Å². The second-order valence-corrected chi connectivity index (χ2v) is 5.00. The van der Waals surface area contributed by atoms with Gasteiger partial charge in [0.2, 0.25) is 0 Å². The summed E-state index contributed by atoms with van der Waals surface area (Å²) in [6.07, 6.45) is 1.39. The van der Waals surface area contributed by atoms with Gasteiger partial charge in [0.05, 0.1) is 12.1 Å². The molecule has 0 spiro atoms. The molecule has 0 aliphatic heterocycles. The Balaban J connectivity index is 2.50. The average molecular weight is 369 g/mol. The molecule has 1 N–H and O–H groups in total. The zero-order chi connectivity index (χ0) is 12.8. The molecule has 0 aliphatic rings. The van der Waals surface area contributed by atoms with Crippen molar-refractivity contribution in [3.63, 3.8) is 0 Å². The van der Waals surface area contributed by atoms with E-state index < -0.39 is 3.92 Å². The number of carbonyl (C=O) groups excluding carboxylic acids is 2. The predicted octanol–water partition coefficient (Wildman–Crippen LogP) is 1.44. The number of nitrogens with zero attached hydrogens (tertiary/aromatic N) is 1. The Morgan fingerprint density at radius 1 is 1.59 bits per heavy atom. The van der Waals surface area contributed by atoms with Crippen LogP contribution in [0.1, 0.15) is 10.5 Å². The molecule has 0 aromatic carbocycles. The normalized spacial score (nSPS) is 11.7. The van der Waals surface area contributed by atoms with E-state index in [0.29, 0.717) is 5.02 Å². The smallest absolute Gasteiger partial charge is 0.320 e. The van der Waals surface area contributed by atoms with Gasteiger partial charge >= 0.3 is 5.97 Å². The summed E-state index contributed by atoms with van der Waals surface area (Å²) in [7, 11) is 1.30. The Labute approximate surface area is 117 Å². The lowest BCUT2D eigenvalue weighted by Crippen LogP contribution is -2.34. The van der Waals surface area contributed by atoms with Crippen LogP contribution >= 0.6 is 34.2 Å². The zero-order valence-electron chi connectivity index (χ0n) is 8.94. The van der Waals surface area contributed by atoms with Crippen LogP contribution in [-0.4, -0.2) is 34.4 Å². The summed E-state index contributed by atoms with van der Waals surface area (Å²) in [4.78, 5) is 26.5. The first-order valence-corrected chi connectivity index (χ1v) is 6.28. The Morgan fingerprint density at radius 2 is 2.29 bits per heavy atom. The molecule has 0 saturated carbocycles. The van der Waals surface area contributed by atoms with Crippen LogP contribution < -0.4 is 5.32 Å². The van der Waals surface area contributed by atoms with Crippen molar-refractivity contribution >= 4 is 46.1 Å². The maximum Gasteiger partial charge on any atom is 0.320 e. The maximum atomic E-state index is 11.6. The van der Waals surface area contributed by atoms with E-state index >= 15 is 0 Å². The van der Waals surface area contributed by atoms with E-state index in [2.05, 4.69) is 15.0 Å². The van der Waals surface area contributed by atoms with Crippen molar-refractivity contribution in [3.05, 3.63) is 29.0 Å². The van der Waals surface area contributed by atoms with Crippen molar-refractivity contribution in [1.82, 2.24) is 10.3 Å². The van der Waals surface area contributed by atoms with Crippen LogP contribution in [-0.2, 0) is 9.53 Å². The topological polar surface area (TPSA) is 68.3 Å². The average Bonchev–Trinajstić information content (AvgIpc) is 2.35. The Morgan fingerprint density at radius 3 is 2.82 bits per heavy atom. The molecular formula is C10H10ClIN2O3. The summed E-state index contributed by atoms with van der Waals surface area (Å²) in [5.74, 6) is -0.734. The van der Waals surface area contributed by atoms with E-state index in [4.69, 9.17) is 11.6 Å². The molecule has 7 heteroatoms. The Bertz CT molecular complexity index is 411. The summed E-state index contributed by atoms with van der Waals surface area (Å²) in [6.45, 7) is 0.191. The molecule has 1 atom stereocenters. The maximum absolute atomic E-state index is 11.6. The first-order valence-electron chi connectivity index (χ1n) is 4.66. The van der Waals surface area contributed by atoms with Crippen molar-refractivity contribution < 1.29 is 14.3 Å². The summed E-state index contributed by atoms with van der Waals surface area (Å²) < 4.78 is 4.11. The molecule has 1 heterocycles. The summed E-state index contributed by atoms with van der Waals surface area (Å²) in [6, 6.07) is 3.09. The van der Waals surface area contributed by atoms with Crippen molar-refractivity contribution in [3.8, 4) is 0 Å². The van der Waals surface area contributed by atoms with Gasteiger partial charge in [-0.2, -0.15) is 0 Å². The molecule has 92 valence electrons. The second-order valence-electron chi connectivity index (χ2n) is 3.06. The van der Waals surface area contributed by atoms with Crippen LogP contribution in [0.5, 0.6) is 0 Å². The highest BCUT2D eigenvalue weighted by molar-refractivity contribution is 14.1. The lowest BCUT2D eigenvalue weighted by atomic mass is 10.3. The fourth-order valence-corrected chi connectivity index (χ4v) is 1.58. The van der Waals surface area contributed by atoms with Gasteiger partial charge in [-0.15, -0.1) is 0 Å². The molecule has 0 bridgehead atoms. The summed E-state index contributed by atoms with van der Waals surface area (Å²) in [5, 5.41) is 3.04. The third-order valence-corrected chi connectivity index (χ3v) is 3.03. The van der Waals surface area contributed by atoms with Crippen LogP contribution in [0.15, 0.2) is 18.3 Å². The van der Waals surface area contributed by atoms with Crippen LogP contribution in [0.2, 0.25) is 5.02 Å². The minimum atomic E-state index is -0.422. The minimum absolute atomic E-state index is 0.191. The van der Waals surface area contributed by atoms with Crippen LogP contribution in [0.3, 0.4) is 0 Å². The van der Waals surface area contributed by atoms with Gasteiger partial charge in [-0.3, -0.25) is 9.59 Å². The van der Waals surface area contributed by atoms with Crippen LogP contribution in [0, 0.1) is 0 Å². The molecule has 0 radical (unpaired) electrons. The van der Waals surface area contributed by atoms with Gasteiger partial charge in [-0.25, -0.2) is 4.98 Å². The quantitative estimate of drug-likeness (QED) is 0.496. The highest BCUT2D eigenvalue weighted by Crippen LogP contribution is 2.06. The molecule has 1 rings (SSSR count). The highest BCUT2D eigenvalue weighted by Gasteiger charge is 2.16. The third-order valence-electron chi connectivity index (χ3n) is 1.86. The lowest BCUT2D eigenvalue weighted by Gasteiger charge is -2.08. The number of esters is 1. The lowest BCUT2D eigenvalue weighted by molar-refractivity contribution is -0.139. The molecule has 1 amide bonds. The van der Waals surface area contributed by atoms with Gasteiger partial charge in [0, 0.05) is 12.7 Å². The molecule has 1 aromatic heterocycles. The van der Waals surface area contributed by atoms with E-state index in [1.54, 1.807) is 6.07 Å². The third kappa shape index (κ3) is 4.47. The molecule has 1 aromatic rings. The molecule has 0 saturated heterocycles. The van der Waals surface area contributed by atoms with E-state index in [0.717, 1.165) is 0 Å². The molecule has 5 nitrogen and oxygen atoms in total. The van der Waals surface area contributed by atoms with Gasteiger partial charge in [-0.05, 0) is 12.1 Å². The zero-order valence-corrected chi connectivity index (χ0v) is 11.9. The fraction of sp³-hybridized carbons (Fsp3) is 0.300. The SMILES string of the molecule is COC(=O)C(I)CNC(=O)c1ccc(Cl)cn1. The number of methoxy groups -OCH3 is 1. The van der Waals surface area contributed by atoms with E-state index in [9.17, 15) is 9.59 Å². The van der Waals surface area contributed by atoms with E-state index in [1.165, 1.54) is 19.4 Å². The fourth-order valence-electron chi connectivity index (χ4n) is 0.994. The van der Waals surface area contributed by atoms with Gasteiger partial charge in [-0.1, -0.05) is 34.2 Å². The highest BCUT2D eigenvalue weighted by atomic mass is 127. The standard InChI is InChI=1S/C10H10ClIN2O3/c1-17-10(16)7(12)5-14-9(15)8-3-2-6(11)4-13-8/h2-4,7H,5H2,1H3,(H,14,15). The number of aromatic nitrogens is 1. The number of hydrogen-bond donors (Lipinski definition) is 1. The van der Waals surface area contributed by atoms with E-state index in [-0.39, 0.29) is 24.1 Å². The number of nitrogens with one attached hydrogen (secondary N) is 1. The van der Waals surface area contributed by atoms with Crippen molar-refractivity contribution in [2.45, 2.75) is 3.92 Å². The van der Waals surface area contributed by atoms with Crippen molar-refractivity contribution in [2.75, 3.05) is 13.7 Å². The molecule has 0 aliphatic carbocycles. The molecule has 17 heavy (non-hydrogen) atoms. The van der Waals surface area contributed by atoms with Crippen LogP contribution in [0.4, 0.5) is 0 Å². The number of carbonyl (C=O) groups is 2. The number of ether oxygens (including phenoxy) is 1. The van der Waals surface area contributed by atoms with Gasteiger partial charge in [0.25, 0.3) is 5.91 Å². The Hall–Kier alpha value is -0.890. The minimum Gasteiger partial charge on any atom is -0.468 e. The van der Waals surface area contributed by atoms with Crippen LogP contribution in [0.25, 0.3) is 0 Å². The Kier molecular flexibility index (Phi) is 5.63. The first kappa shape index (κ1) is 14.2. The molecule has 1 unspecified atom stereocenters. The summed E-state index contributed by atoms with van der Waals surface area (Å²) >= 11 is 7.54. The van der Waals surface area contributed by atoms with Gasteiger partial charge in [0.15, 0.2) is 0 Å². The summed E-state index contributed by atoms with van der Waals surface area (Å²) in [5.41, 5.74) is 0.253. The van der Waals surface area contributed by atoms with Gasteiger partial charge < -0.3 is 10.1 Å². The number of pyridine rings is 1. The van der Waals surface area contributed by atoms with Gasteiger partial charge in [0.1, 0.15) is 9.62 Å². The number of alkyl halides is 1. The predicted molar refractivity (Wildman–Crippen MR) is 71.4 cm³/mol. The molecular weight excluding hydrogens is 358 g/mol. The number of halogens is 2. The second kappa shape index (κ2) is 6.75. The van der Waals surface area contributed by atoms with Crippen molar-refractivity contribution in [2.24, 2.45) is 0 Å². The largest absolute Gasteiger partial charge is 0.468 e. The number of hydrogen-bond acceptors (Lipinski definition) is 4.